The molecule has 0 radical (unpaired) electrons. The molecule has 0 N–H and O–H groups in total. The van der Waals surface area contributed by atoms with Gasteiger partial charge in [0.2, 0.25) is 0 Å². The maximum Gasteiger partial charge on any atom is 0.253 e. The third-order valence-corrected chi connectivity index (χ3v) is 4.47. The summed E-state index contributed by atoms with van der Waals surface area (Å²) in [6, 6.07) is 13.8. The van der Waals surface area contributed by atoms with Crippen LogP contribution in [0.15, 0.2) is 53.1 Å². The summed E-state index contributed by atoms with van der Waals surface area (Å²) in [5, 5.41) is 4.66. The highest BCUT2D eigenvalue weighted by atomic mass is 35.5. The van der Waals surface area contributed by atoms with Crippen molar-refractivity contribution in [2.24, 2.45) is 0 Å². The van der Waals surface area contributed by atoms with E-state index in [4.69, 9.17) is 32.5 Å². The van der Waals surface area contributed by atoms with Crippen LogP contribution in [-0.4, -0.2) is 23.0 Å². The number of ether oxygens (including phenoxy) is 1. The molecule has 0 saturated carbocycles. The lowest BCUT2D eigenvalue weighted by atomic mass is 10.2. The van der Waals surface area contributed by atoms with E-state index in [1.165, 1.54) is 0 Å². The first-order valence-corrected chi connectivity index (χ1v) is 8.59. The third kappa shape index (κ3) is 4.18. The Bertz CT molecular complexity index is 923. The number of halogens is 2. The van der Waals surface area contributed by atoms with Crippen LogP contribution in [0.5, 0.6) is 11.5 Å². The summed E-state index contributed by atoms with van der Waals surface area (Å²) in [6.45, 7) is 2.18. The highest BCUT2D eigenvalue weighted by Gasteiger charge is 2.14. The fraction of sp³-hybridized carbons (Fsp3) is 0.158. The quantitative estimate of drug-likeness (QED) is 0.588. The van der Waals surface area contributed by atoms with Crippen molar-refractivity contribution in [2.75, 3.05) is 7.05 Å². The first-order valence-electron chi connectivity index (χ1n) is 7.83. The molecule has 0 bridgehead atoms. The van der Waals surface area contributed by atoms with Gasteiger partial charge in [-0.2, -0.15) is 0 Å². The minimum atomic E-state index is -0.127. The monoisotopic (exact) mass is 390 g/mol. The van der Waals surface area contributed by atoms with Gasteiger partial charge in [0, 0.05) is 18.7 Å². The number of nitrogens with zero attached hydrogens (tertiary/aromatic N) is 2. The molecule has 26 heavy (non-hydrogen) atoms. The average molecular weight is 391 g/mol. The number of carbonyl (C=O) groups is 1. The molecule has 1 aromatic heterocycles. The van der Waals surface area contributed by atoms with Gasteiger partial charge in [-0.1, -0.05) is 34.4 Å². The number of rotatable bonds is 5. The van der Waals surface area contributed by atoms with Gasteiger partial charge in [0.15, 0.2) is 0 Å². The van der Waals surface area contributed by atoms with E-state index in [0.29, 0.717) is 45.1 Å². The largest absolute Gasteiger partial charge is 0.456 e. The molecule has 1 heterocycles. The second kappa shape index (κ2) is 7.81. The molecular weight excluding hydrogens is 375 g/mol. The average Bonchev–Trinajstić information content (AvgIpc) is 3.04. The smallest absolute Gasteiger partial charge is 0.253 e. The molecule has 0 fully saturated rings. The van der Waals surface area contributed by atoms with Crippen LogP contribution in [0.25, 0.3) is 0 Å². The number of aryl methyl sites for hydroxylation is 1. The third-order valence-electron chi connectivity index (χ3n) is 3.67. The minimum absolute atomic E-state index is 0.127. The second-order valence-corrected chi connectivity index (χ2v) is 6.55. The lowest BCUT2D eigenvalue weighted by Crippen LogP contribution is -2.26. The fourth-order valence-corrected chi connectivity index (χ4v) is 2.71. The van der Waals surface area contributed by atoms with Gasteiger partial charge < -0.3 is 14.2 Å². The van der Waals surface area contributed by atoms with E-state index >= 15 is 0 Å². The van der Waals surface area contributed by atoms with E-state index in [1.807, 2.05) is 6.92 Å². The molecule has 0 unspecified atom stereocenters. The molecule has 0 aliphatic carbocycles. The summed E-state index contributed by atoms with van der Waals surface area (Å²) >= 11 is 12.1. The standard InChI is InChI=1S/C19H16Cl2N2O3/c1-12-10-14(22-26-12)11-23(2)19(24)13-6-8-15(9-7-13)25-17-5-3-4-16(20)18(17)21/h3-10H,11H2,1-2H3. The summed E-state index contributed by atoms with van der Waals surface area (Å²) in [5.41, 5.74) is 1.24. The van der Waals surface area contributed by atoms with Crippen molar-refractivity contribution in [3.05, 3.63) is 75.6 Å². The Hall–Kier alpha value is -2.50. The number of aromatic nitrogens is 1. The number of hydrogen-bond donors (Lipinski definition) is 0. The van der Waals surface area contributed by atoms with Crippen LogP contribution in [0, 0.1) is 6.92 Å². The topological polar surface area (TPSA) is 55.6 Å². The van der Waals surface area contributed by atoms with Crippen LogP contribution in [0.1, 0.15) is 21.8 Å². The lowest BCUT2D eigenvalue weighted by molar-refractivity contribution is 0.0782. The Morgan fingerprint density at radius 1 is 1.19 bits per heavy atom. The van der Waals surface area contributed by atoms with Crippen molar-refractivity contribution in [2.45, 2.75) is 13.5 Å². The Labute approximate surface area is 161 Å². The predicted molar refractivity (Wildman–Crippen MR) is 100 cm³/mol. The van der Waals surface area contributed by atoms with Gasteiger partial charge >= 0.3 is 0 Å². The van der Waals surface area contributed by atoms with Crippen LogP contribution in [0.2, 0.25) is 10.0 Å². The van der Waals surface area contributed by atoms with Crippen molar-refractivity contribution in [3.8, 4) is 11.5 Å². The molecule has 0 atom stereocenters. The maximum absolute atomic E-state index is 12.5. The molecular formula is C19H16Cl2N2O3. The number of benzene rings is 2. The van der Waals surface area contributed by atoms with E-state index in [0.717, 1.165) is 0 Å². The summed E-state index contributed by atoms with van der Waals surface area (Å²) in [4.78, 5) is 14.1. The van der Waals surface area contributed by atoms with Crippen LogP contribution in [0.4, 0.5) is 0 Å². The van der Waals surface area contributed by atoms with Crippen molar-refractivity contribution in [3.63, 3.8) is 0 Å². The van der Waals surface area contributed by atoms with Crippen molar-refractivity contribution >= 4 is 29.1 Å². The highest BCUT2D eigenvalue weighted by molar-refractivity contribution is 6.42. The summed E-state index contributed by atoms with van der Waals surface area (Å²) in [5.74, 6) is 1.59. The van der Waals surface area contributed by atoms with E-state index in [-0.39, 0.29) is 5.91 Å². The van der Waals surface area contributed by atoms with Crippen molar-refractivity contribution in [1.29, 1.82) is 0 Å². The summed E-state index contributed by atoms with van der Waals surface area (Å²) in [6.07, 6.45) is 0. The Balaban J connectivity index is 1.68. The van der Waals surface area contributed by atoms with Crippen LogP contribution in [0.3, 0.4) is 0 Å². The van der Waals surface area contributed by atoms with Crippen molar-refractivity contribution in [1.82, 2.24) is 10.1 Å². The molecule has 134 valence electrons. The molecule has 0 aliphatic heterocycles. The van der Waals surface area contributed by atoms with E-state index in [1.54, 1.807) is 60.5 Å². The Kier molecular flexibility index (Phi) is 5.49. The number of carbonyl (C=O) groups excluding carboxylic acids is 1. The molecule has 1 amide bonds. The second-order valence-electron chi connectivity index (χ2n) is 5.77. The molecule has 2 aromatic carbocycles. The molecule has 0 saturated heterocycles. The van der Waals surface area contributed by atoms with Gasteiger partial charge in [-0.15, -0.1) is 0 Å². The number of hydrogen-bond acceptors (Lipinski definition) is 4. The Morgan fingerprint density at radius 3 is 2.58 bits per heavy atom. The summed E-state index contributed by atoms with van der Waals surface area (Å²) < 4.78 is 10.7. The van der Waals surface area contributed by atoms with E-state index in [9.17, 15) is 4.79 Å². The van der Waals surface area contributed by atoms with Crippen LogP contribution < -0.4 is 4.74 Å². The molecule has 3 rings (SSSR count). The van der Waals surface area contributed by atoms with Gasteiger partial charge in [-0.3, -0.25) is 4.79 Å². The fourth-order valence-electron chi connectivity index (χ4n) is 2.38. The van der Waals surface area contributed by atoms with Gasteiger partial charge in [-0.25, -0.2) is 0 Å². The van der Waals surface area contributed by atoms with E-state index < -0.39 is 0 Å². The predicted octanol–water partition coefficient (Wildman–Crippen LogP) is 5.35. The lowest BCUT2D eigenvalue weighted by Gasteiger charge is -2.16. The molecule has 0 spiro atoms. The molecule has 7 heteroatoms. The molecule has 5 nitrogen and oxygen atoms in total. The van der Waals surface area contributed by atoms with E-state index in [2.05, 4.69) is 5.16 Å². The van der Waals surface area contributed by atoms with Gasteiger partial charge in [0.1, 0.15) is 28.0 Å². The molecule has 0 aliphatic rings. The number of amides is 1. The molecule has 3 aromatic rings. The zero-order valence-corrected chi connectivity index (χ0v) is 15.7. The highest BCUT2D eigenvalue weighted by Crippen LogP contribution is 2.34. The van der Waals surface area contributed by atoms with Crippen molar-refractivity contribution < 1.29 is 14.1 Å². The maximum atomic E-state index is 12.5. The summed E-state index contributed by atoms with van der Waals surface area (Å²) in [7, 11) is 1.71. The van der Waals surface area contributed by atoms with Gasteiger partial charge in [0.25, 0.3) is 5.91 Å². The first-order chi connectivity index (χ1) is 12.4. The minimum Gasteiger partial charge on any atom is -0.456 e. The SMILES string of the molecule is Cc1cc(CN(C)C(=O)c2ccc(Oc3cccc(Cl)c3Cl)cc2)no1. The first kappa shape index (κ1) is 18.3. The zero-order valence-electron chi connectivity index (χ0n) is 14.2. The normalized spacial score (nSPS) is 10.6. The van der Waals surface area contributed by atoms with Crippen LogP contribution >= 0.6 is 23.2 Å². The van der Waals surface area contributed by atoms with Gasteiger partial charge in [0.05, 0.1) is 11.6 Å². The Morgan fingerprint density at radius 2 is 1.92 bits per heavy atom. The van der Waals surface area contributed by atoms with Gasteiger partial charge in [-0.05, 0) is 43.3 Å². The van der Waals surface area contributed by atoms with Crippen LogP contribution in [-0.2, 0) is 6.54 Å². The zero-order chi connectivity index (χ0) is 18.7.